The molecule has 2 N–H and O–H groups in total. The van der Waals surface area contributed by atoms with Crippen molar-refractivity contribution >= 4 is 23.2 Å². The van der Waals surface area contributed by atoms with Gasteiger partial charge >= 0.3 is 0 Å². The van der Waals surface area contributed by atoms with Crippen molar-refractivity contribution in [2.24, 2.45) is 17.3 Å². The quantitative estimate of drug-likeness (QED) is 0.586. The van der Waals surface area contributed by atoms with E-state index in [1.165, 1.54) is 4.90 Å². The minimum atomic E-state index is -0.172. The van der Waals surface area contributed by atoms with E-state index in [2.05, 4.69) is 0 Å². The number of carbonyl (C=O) groups is 2. The topological polar surface area (TPSA) is 63.4 Å². The Kier molecular flexibility index (Phi) is 1.75. The van der Waals surface area contributed by atoms with Gasteiger partial charge in [0, 0.05) is 0 Å². The van der Waals surface area contributed by atoms with Crippen molar-refractivity contribution in [1.29, 1.82) is 0 Å². The van der Waals surface area contributed by atoms with Gasteiger partial charge in [-0.25, -0.2) is 4.90 Å². The van der Waals surface area contributed by atoms with Crippen LogP contribution in [0.1, 0.15) is 13.8 Å². The maximum atomic E-state index is 12.2. The van der Waals surface area contributed by atoms with Crippen LogP contribution in [0.25, 0.3) is 0 Å². The van der Waals surface area contributed by atoms with Crippen molar-refractivity contribution in [1.82, 2.24) is 0 Å². The number of nitrogens with two attached hydrogens (primary N) is 1. The van der Waals surface area contributed by atoms with Crippen LogP contribution in [0.15, 0.2) is 24.3 Å². The van der Waals surface area contributed by atoms with E-state index in [0.29, 0.717) is 11.4 Å². The first-order valence-corrected chi connectivity index (χ1v) is 5.68. The van der Waals surface area contributed by atoms with Crippen LogP contribution in [-0.2, 0) is 9.59 Å². The molecule has 0 radical (unpaired) electrons. The fourth-order valence-corrected chi connectivity index (χ4v) is 2.87. The van der Waals surface area contributed by atoms with Crippen LogP contribution in [0.4, 0.5) is 11.4 Å². The third kappa shape index (κ3) is 1.12. The summed E-state index contributed by atoms with van der Waals surface area (Å²) < 4.78 is 0. The number of fused-ring (bicyclic) bond motifs is 1. The summed E-state index contributed by atoms with van der Waals surface area (Å²) in [6, 6.07) is 6.98. The molecule has 1 aromatic rings. The number of nitrogen functional groups attached to an aromatic ring is 1. The highest BCUT2D eigenvalue weighted by Crippen LogP contribution is 2.63. The number of benzene rings is 1. The van der Waals surface area contributed by atoms with Crippen LogP contribution < -0.4 is 10.6 Å². The summed E-state index contributed by atoms with van der Waals surface area (Å²) in [4.78, 5) is 25.6. The van der Waals surface area contributed by atoms with Gasteiger partial charge in [-0.05, 0) is 17.5 Å². The molecule has 0 spiro atoms. The number of anilines is 2. The number of carbonyl (C=O) groups excluding carboxylic acids is 2. The molecule has 2 unspecified atom stereocenters. The smallest absolute Gasteiger partial charge is 0.238 e. The van der Waals surface area contributed by atoms with Crippen LogP contribution >= 0.6 is 0 Å². The average Bonchev–Trinajstić information content (AvgIpc) is 2.72. The monoisotopic (exact) mass is 230 g/mol. The molecule has 1 heterocycles. The van der Waals surface area contributed by atoms with E-state index in [4.69, 9.17) is 5.73 Å². The highest BCUT2D eigenvalue weighted by atomic mass is 16.2. The zero-order valence-electron chi connectivity index (χ0n) is 9.81. The predicted octanol–water partition coefficient (Wildman–Crippen LogP) is 1.41. The Hall–Kier alpha value is -1.84. The number of para-hydroxylation sites is 2. The lowest BCUT2D eigenvalue weighted by atomic mass is 10.0. The van der Waals surface area contributed by atoms with Crippen molar-refractivity contribution in [3.63, 3.8) is 0 Å². The molecule has 88 valence electrons. The second-order valence-corrected chi connectivity index (χ2v) is 5.35. The summed E-state index contributed by atoms with van der Waals surface area (Å²) in [6.07, 6.45) is 0. The second-order valence-electron chi connectivity index (χ2n) is 5.35. The third-order valence-corrected chi connectivity index (χ3v) is 3.98. The Balaban J connectivity index is 2.02. The molecule has 2 fully saturated rings. The van der Waals surface area contributed by atoms with Gasteiger partial charge in [0.1, 0.15) is 0 Å². The van der Waals surface area contributed by atoms with Crippen LogP contribution in [0.5, 0.6) is 0 Å². The van der Waals surface area contributed by atoms with Crippen LogP contribution in [-0.4, -0.2) is 11.8 Å². The zero-order chi connectivity index (χ0) is 12.4. The lowest BCUT2D eigenvalue weighted by Crippen LogP contribution is -2.36. The molecule has 1 aliphatic heterocycles. The molecule has 2 atom stereocenters. The summed E-state index contributed by atoms with van der Waals surface area (Å²) in [7, 11) is 0. The molecule has 1 aliphatic carbocycles. The summed E-state index contributed by atoms with van der Waals surface area (Å²) >= 11 is 0. The number of hydrogen-bond donors (Lipinski definition) is 1. The van der Waals surface area contributed by atoms with Crippen LogP contribution in [0, 0.1) is 17.3 Å². The van der Waals surface area contributed by atoms with E-state index in [0.717, 1.165) is 0 Å². The Labute approximate surface area is 99.4 Å². The van der Waals surface area contributed by atoms with E-state index in [9.17, 15) is 9.59 Å². The normalized spacial score (nSPS) is 29.4. The first-order valence-electron chi connectivity index (χ1n) is 5.68. The van der Waals surface area contributed by atoms with Crippen molar-refractivity contribution < 1.29 is 9.59 Å². The minimum absolute atomic E-state index is 0.108. The molecular weight excluding hydrogens is 216 g/mol. The number of hydrogen-bond acceptors (Lipinski definition) is 3. The molecule has 4 heteroatoms. The molecular formula is C13H14N2O2. The zero-order valence-corrected chi connectivity index (χ0v) is 9.81. The Morgan fingerprint density at radius 3 is 2.18 bits per heavy atom. The summed E-state index contributed by atoms with van der Waals surface area (Å²) in [6.45, 7) is 3.92. The first-order chi connectivity index (χ1) is 7.96. The number of amides is 2. The van der Waals surface area contributed by atoms with Gasteiger partial charge in [-0.15, -0.1) is 0 Å². The highest BCUT2D eigenvalue weighted by Gasteiger charge is 2.72. The lowest BCUT2D eigenvalue weighted by Gasteiger charge is -2.21. The molecule has 1 saturated heterocycles. The standard InChI is InChI=1S/C13H14N2O2/c1-13(2)9-10(13)12(17)15(11(9)16)8-6-4-3-5-7(8)14/h3-6,9-10H,14H2,1-2H3. The molecule has 2 amide bonds. The fourth-order valence-electron chi connectivity index (χ4n) is 2.87. The number of piperidine rings is 1. The molecule has 1 aromatic carbocycles. The molecule has 1 saturated carbocycles. The van der Waals surface area contributed by atoms with Gasteiger partial charge in [0.15, 0.2) is 0 Å². The van der Waals surface area contributed by atoms with E-state index in [-0.39, 0.29) is 29.1 Å². The van der Waals surface area contributed by atoms with E-state index in [1.54, 1.807) is 24.3 Å². The fraction of sp³-hybridized carbons (Fsp3) is 0.385. The third-order valence-electron chi connectivity index (χ3n) is 3.98. The number of nitrogens with zero attached hydrogens (tertiary/aromatic N) is 1. The SMILES string of the molecule is CC1(C)C2C(=O)N(c3ccccc3N)C(=O)C21. The molecule has 4 nitrogen and oxygen atoms in total. The van der Waals surface area contributed by atoms with E-state index >= 15 is 0 Å². The van der Waals surface area contributed by atoms with Crippen LogP contribution in [0.2, 0.25) is 0 Å². The van der Waals surface area contributed by atoms with Crippen molar-refractivity contribution in [2.75, 3.05) is 10.6 Å². The van der Waals surface area contributed by atoms with Crippen molar-refractivity contribution in [2.45, 2.75) is 13.8 Å². The highest BCUT2D eigenvalue weighted by molar-refractivity contribution is 6.26. The molecule has 0 aromatic heterocycles. The Bertz CT molecular complexity index is 512. The molecule has 0 bridgehead atoms. The average molecular weight is 230 g/mol. The second kappa shape index (κ2) is 2.88. The van der Waals surface area contributed by atoms with Gasteiger partial charge in [0.2, 0.25) is 11.8 Å². The minimum Gasteiger partial charge on any atom is -0.397 e. The molecule has 2 aliphatic rings. The number of imide groups is 1. The van der Waals surface area contributed by atoms with Gasteiger partial charge in [-0.2, -0.15) is 0 Å². The van der Waals surface area contributed by atoms with Gasteiger partial charge in [0.05, 0.1) is 23.2 Å². The summed E-state index contributed by atoms with van der Waals surface area (Å²) in [5.41, 5.74) is 6.62. The van der Waals surface area contributed by atoms with Gasteiger partial charge in [-0.1, -0.05) is 26.0 Å². The molecule has 17 heavy (non-hydrogen) atoms. The lowest BCUT2D eigenvalue weighted by molar-refractivity contribution is -0.125. The summed E-state index contributed by atoms with van der Waals surface area (Å²) in [5.74, 6) is -0.532. The Morgan fingerprint density at radius 1 is 1.12 bits per heavy atom. The maximum Gasteiger partial charge on any atom is 0.238 e. The van der Waals surface area contributed by atoms with Crippen molar-refractivity contribution in [3.05, 3.63) is 24.3 Å². The number of rotatable bonds is 1. The maximum absolute atomic E-state index is 12.2. The predicted molar refractivity (Wildman–Crippen MR) is 64.1 cm³/mol. The largest absolute Gasteiger partial charge is 0.397 e. The van der Waals surface area contributed by atoms with Gasteiger partial charge < -0.3 is 5.73 Å². The summed E-state index contributed by atoms with van der Waals surface area (Å²) in [5, 5.41) is 0. The van der Waals surface area contributed by atoms with E-state index < -0.39 is 0 Å². The van der Waals surface area contributed by atoms with Gasteiger partial charge in [-0.3, -0.25) is 9.59 Å². The van der Waals surface area contributed by atoms with E-state index in [1.807, 2.05) is 13.8 Å². The molecule has 3 rings (SSSR count). The first kappa shape index (κ1) is 10.3. The van der Waals surface area contributed by atoms with Crippen LogP contribution in [0.3, 0.4) is 0 Å². The van der Waals surface area contributed by atoms with Crippen molar-refractivity contribution in [3.8, 4) is 0 Å². The Morgan fingerprint density at radius 2 is 1.65 bits per heavy atom. The van der Waals surface area contributed by atoms with Gasteiger partial charge in [0.25, 0.3) is 0 Å².